The van der Waals surface area contributed by atoms with Gasteiger partial charge in [-0.3, -0.25) is 0 Å². The van der Waals surface area contributed by atoms with Crippen LogP contribution in [0.4, 0.5) is 5.69 Å². The van der Waals surface area contributed by atoms with Gasteiger partial charge in [0.2, 0.25) is 0 Å². The Bertz CT molecular complexity index is 551. The molecular weight excluding hydrogens is 260 g/mol. The van der Waals surface area contributed by atoms with Crippen molar-refractivity contribution in [3.8, 4) is 5.75 Å². The number of hydrogen-bond donors (Lipinski definition) is 1. The van der Waals surface area contributed by atoms with Crippen LogP contribution in [-0.2, 0) is 6.54 Å². The monoisotopic (exact) mass is 284 g/mol. The topological polar surface area (TPSA) is 24.5 Å². The van der Waals surface area contributed by atoms with Crippen molar-refractivity contribution in [1.29, 1.82) is 0 Å². The molecule has 0 aromatic heterocycles. The molecule has 0 radical (unpaired) electrons. The van der Waals surface area contributed by atoms with Gasteiger partial charge in [0.25, 0.3) is 0 Å². The molecule has 0 spiro atoms. The van der Waals surface area contributed by atoms with Crippen molar-refractivity contribution in [2.45, 2.75) is 13.5 Å². The molecule has 0 amide bonds. The number of rotatable bonds is 7. The van der Waals surface area contributed by atoms with Gasteiger partial charge in [0.1, 0.15) is 12.4 Å². The molecule has 0 aliphatic rings. The molecule has 0 saturated heterocycles. The van der Waals surface area contributed by atoms with Gasteiger partial charge in [-0.2, -0.15) is 0 Å². The summed E-state index contributed by atoms with van der Waals surface area (Å²) in [6.45, 7) is 4.50. The van der Waals surface area contributed by atoms with Crippen LogP contribution < -0.4 is 15.0 Å². The van der Waals surface area contributed by atoms with Gasteiger partial charge >= 0.3 is 0 Å². The highest BCUT2D eigenvalue weighted by molar-refractivity contribution is 5.46. The smallest absolute Gasteiger partial charge is 0.119 e. The van der Waals surface area contributed by atoms with Crippen molar-refractivity contribution in [3.05, 3.63) is 59.7 Å². The number of likely N-dealkylation sites (N-methyl/N-ethyl adjacent to an activating group) is 1. The van der Waals surface area contributed by atoms with Crippen molar-refractivity contribution in [2.75, 3.05) is 32.1 Å². The van der Waals surface area contributed by atoms with Crippen LogP contribution in [0, 0.1) is 6.92 Å². The van der Waals surface area contributed by atoms with E-state index in [9.17, 15) is 0 Å². The minimum absolute atomic E-state index is 0.674. The number of anilines is 1. The average Bonchev–Trinajstić information content (AvgIpc) is 2.48. The van der Waals surface area contributed by atoms with Crippen LogP contribution in [0.1, 0.15) is 11.1 Å². The van der Waals surface area contributed by atoms with Crippen LogP contribution in [0.25, 0.3) is 0 Å². The Morgan fingerprint density at radius 2 is 1.86 bits per heavy atom. The molecule has 2 rings (SSSR count). The SMILES string of the molecule is CNCc1cccc(OCCN(C)c2ccc(C)cc2)c1. The summed E-state index contributed by atoms with van der Waals surface area (Å²) >= 11 is 0. The van der Waals surface area contributed by atoms with Crippen molar-refractivity contribution in [2.24, 2.45) is 0 Å². The maximum atomic E-state index is 5.84. The predicted octanol–water partition coefficient (Wildman–Crippen LogP) is 3.23. The number of aryl methyl sites for hydroxylation is 1. The van der Waals surface area contributed by atoms with E-state index in [-0.39, 0.29) is 0 Å². The number of nitrogens with zero attached hydrogens (tertiary/aromatic N) is 1. The van der Waals surface area contributed by atoms with Gasteiger partial charge in [-0.15, -0.1) is 0 Å². The van der Waals surface area contributed by atoms with Crippen LogP contribution in [0.15, 0.2) is 48.5 Å². The van der Waals surface area contributed by atoms with Gasteiger partial charge < -0.3 is 15.0 Å². The van der Waals surface area contributed by atoms with Crippen LogP contribution >= 0.6 is 0 Å². The third-order valence-electron chi connectivity index (χ3n) is 3.45. The molecule has 3 heteroatoms. The maximum absolute atomic E-state index is 5.84. The van der Waals surface area contributed by atoms with E-state index < -0.39 is 0 Å². The lowest BCUT2D eigenvalue weighted by atomic mass is 10.2. The highest BCUT2D eigenvalue weighted by Gasteiger charge is 2.01. The van der Waals surface area contributed by atoms with Gasteiger partial charge in [0, 0.05) is 19.3 Å². The van der Waals surface area contributed by atoms with E-state index in [0.29, 0.717) is 6.61 Å². The van der Waals surface area contributed by atoms with Gasteiger partial charge in [-0.05, 0) is 43.8 Å². The van der Waals surface area contributed by atoms with E-state index >= 15 is 0 Å². The molecule has 0 fully saturated rings. The molecule has 0 unspecified atom stereocenters. The van der Waals surface area contributed by atoms with E-state index in [1.165, 1.54) is 16.8 Å². The molecule has 1 N–H and O–H groups in total. The summed E-state index contributed by atoms with van der Waals surface area (Å²) in [6, 6.07) is 16.8. The normalized spacial score (nSPS) is 10.4. The lowest BCUT2D eigenvalue weighted by molar-refractivity contribution is 0.325. The van der Waals surface area contributed by atoms with Gasteiger partial charge in [-0.25, -0.2) is 0 Å². The molecule has 0 aliphatic carbocycles. The largest absolute Gasteiger partial charge is 0.492 e. The van der Waals surface area contributed by atoms with Crippen molar-refractivity contribution >= 4 is 5.69 Å². The molecule has 0 atom stereocenters. The van der Waals surface area contributed by atoms with Crippen molar-refractivity contribution < 1.29 is 4.74 Å². The zero-order valence-electron chi connectivity index (χ0n) is 13.1. The summed E-state index contributed by atoms with van der Waals surface area (Å²) in [5.74, 6) is 0.931. The van der Waals surface area contributed by atoms with E-state index in [2.05, 4.69) is 60.6 Å². The summed E-state index contributed by atoms with van der Waals surface area (Å²) in [4.78, 5) is 2.21. The minimum atomic E-state index is 0.674. The van der Waals surface area contributed by atoms with E-state index in [1.54, 1.807) is 0 Å². The first kappa shape index (κ1) is 15.4. The lowest BCUT2D eigenvalue weighted by Gasteiger charge is -2.19. The van der Waals surface area contributed by atoms with E-state index in [1.807, 2.05) is 19.2 Å². The second-order valence-electron chi connectivity index (χ2n) is 5.28. The van der Waals surface area contributed by atoms with E-state index in [0.717, 1.165) is 18.8 Å². The molecule has 0 heterocycles. The maximum Gasteiger partial charge on any atom is 0.119 e. The molecular formula is C18H24N2O. The Balaban J connectivity index is 1.83. The Morgan fingerprint density at radius 1 is 1.10 bits per heavy atom. The highest BCUT2D eigenvalue weighted by Crippen LogP contribution is 2.15. The molecule has 0 saturated carbocycles. The Hall–Kier alpha value is -2.00. The molecule has 21 heavy (non-hydrogen) atoms. The number of nitrogens with one attached hydrogen (secondary N) is 1. The highest BCUT2D eigenvalue weighted by atomic mass is 16.5. The molecule has 2 aromatic carbocycles. The minimum Gasteiger partial charge on any atom is -0.492 e. The van der Waals surface area contributed by atoms with Gasteiger partial charge in [0.05, 0.1) is 6.54 Å². The molecule has 3 nitrogen and oxygen atoms in total. The molecule has 0 aliphatic heterocycles. The van der Waals surface area contributed by atoms with Crippen LogP contribution in [0.3, 0.4) is 0 Å². The Morgan fingerprint density at radius 3 is 2.57 bits per heavy atom. The number of hydrogen-bond acceptors (Lipinski definition) is 3. The average molecular weight is 284 g/mol. The third-order valence-corrected chi connectivity index (χ3v) is 3.45. The quantitative estimate of drug-likeness (QED) is 0.845. The first-order valence-electron chi connectivity index (χ1n) is 7.33. The zero-order chi connectivity index (χ0) is 15.1. The standard InChI is InChI=1S/C18H24N2O/c1-15-7-9-17(10-8-15)20(3)11-12-21-18-6-4-5-16(13-18)14-19-2/h4-10,13,19H,11-12,14H2,1-3H3. The van der Waals surface area contributed by atoms with Crippen LogP contribution in [0.5, 0.6) is 5.75 Å². The van der Waals surface area contributed by atoms with Crippen molar-refractivity contribution in [1.82, 2.24) is 5.32 Å². The van der Waals surface area contributed by atoms with Crippen molar-refractivity contribution in [3.63, 3.8) is 0 Å². The fourth-order valence-corrected chi connectivity index (χ4v) is 2.18. The second kappa shape index (κ2) is 7.70. The number of ether oxygens (including phenoxy) is 1. The Kier molecular flexibility index (Phi) is 5.64. The summed E-state index contributed by atoms with van der Waals surface area (Å²) in [6.07, 6.45) is 0. The summed E-state index contributed by atoms with van der Waals surface area (Å²) in [5, 5.41) is 3.15. The van der Waals surface area contributed by atoms with Crippen LogP contribution in [-0.4, -0.2) is 27.2 Å². The van der Waals surface area contributed by atoms with Crippen LogP contribution in [0.2, 0.25) is 0 Å². The first-order valence-corrected chi connectivity index (χ1v) is 7.33. The molecule has 0 bridgehead atoms. The van der Waals surface area contributed by atoms with Gasteiger partial charge in [0.15, 0.2) is 0 Å². The number of benzene rings is 2. The second-order valence-corrected chi connectivity index (χ2v) is 5.28. The first-order chi connectivity index (χ1) is 10.2. The summed E-state index contributed by atoms with van der Waals surface area (Å²) < 4.78 is 5.84. The third kappa shape index (κ3) is 4.80. The molecule has 112 valence electrons. The van der Waals surface area contributed by atoms with E-state index in [4.69, 9.17) is 4.74 Å². The Labute approximate surface area is 127 Å². The fraction of sp³-hybridized carbons (Fsp3) is 0.333. The molecule has 2 aromatic rings. The summed E-state index contributed by atoms with van der Waals surface area (Å²) in [7, 11) is 4.04. The van der Waals surface area contributed by atoms with Gasteiger partial charge in [-0.1, -0.05) is 29.8 Å². The summed E-state index contributed by atoms with van der Waals surface area (Å²) in [5.41, 5.74) is 3.74. The fourth-order valence-electron chi connectivity index (χ4n) is 2.18. The predicted molar refractivity (Wildman–Crippen MR) is 89.1 cm³/mol. The lowest BCUT2D eigenvalue weighted by Crippen LogP contribution is -2.23. The zero-order valence-corrected chi connectivity index (χ0v) is 13.1.